The second-order valence-electron chi connectivity index (χ2n) is 5.04. The molecule has 0 aliphatic carbocycles. The molecule has 0 fully saturated rings. The first-order chi connectivity index (χ1) is 10.6. The van der Waals surface area contributed by atoms with Crippen LogP contribution in [0.25, 0.3) is 0 Å². The summed E-state index contributed by atoms with van der Waals surface area (Å²) in [6, 6.07) is 4.22. The van der Waals surface area contributed by atoms with Crippen molar-refractivity contribution in [3.63, 3.8) is 0 Å². The van der Waals surface area contributed by atoms with Crippen molar-refractivity contribution in [1.29, 1.82) is 0 Å². The number of hydrogen-bond donors (Lipinski definition) is 0. The average Bonchev–Trinajstić information content (AvgIpc) is 2.53. The fraction of sp³-hybridized carbons (Fsp3) is 0.444. The molecule has 1 atom stereocenters. The van der Waals surface area contributed by atoms with Crippen molar-refractivity contribution in [3.8, 4) is 29.6 Å². The lowest BCUT2D eigenvalue weighted by Gasteiger charge is -2.26. The first-order valence-corrected chi connectivity index (χ1v) is 7.14. The fourth-order valence-corrected chi connectivity index (χ4v) is 2.41. The topological polar surface area (TPSA) is 30.9 Å². The number of methoxy groups -OCH3 is 3. The molecule has 0 amide bonds. The second-order valence-corrected chi connectivity index (χ2v) is 5.04. The monoisotopic (exact) mass is 303 g/mol. The van der Waals surface area contributed by atoms with Gasteiger partial charge in [-0.05, 0) is 37.6 Å². The molecule has 0 N–H and O–H groups in total. The van der Waals surface area contributed by atoms with E-state index in [1.54, 1.807) is 21.3 Å². The Bertz CT molecular complexity index is 509. The van der Waals surface area contributed by atoms with Gasteiger partial charge in [-0.2, -0.15) is 0 Å². The van der Waals surface area contributed by atoms with Gasteiger partial charge in [0.1, 0.15) is 0 Å². The van der Waals surface area contributed by atoms with Crippen LogP contribution in [0.15, 0.2) is 24.8 Å². The van der Waals surface area contributed by atoms with Crippen molar-refractivity contribution < 1.29 is 14.2 Å². The third-order valence-corrected chi connectivity index (χ3v) is 3.60. The largest absolute Gasteiger partial charge is 0.493 e. The molecule has 4 nitrogen and oxygen atoms in total. The van der Waals surface area contributed by atoms with Crippen molar-refractivity contribution >= 4 is 0 Å². The van der Waals surface area contributed by atoms with Crippen LogP contribution in [0.5, 0.6) is 17.2 Å². The second kappa shape index (κ2) is 9.01. The summed E-state index contributed by atoms with van der Waals surface area (Å²) in [6.45, 7) is 4.43. The van der Waals surface area contributed by atoms with Gasteiger partial charge in [0.15, 0.2) is 11.5 Å². The molecule has 1 rings (SSSR count). The van der Waals surface area contributed by atoms with Crippen LogP contribution in [0.3, 0.4) is 0 Å². The molecule has 0 aliphatic heterocycles. The Morgan fingerprint density at radius 1 is 1.23 bits per heavy atom. The Balaban J connectivity index is 3.09. The molecule has 4 heteroatoms. The van der Waals surface area contributed by atoms with Crippen molar-refractivity contribution in [1.82, 2.24) is 4.90 Å². The summed E-state index contributed by atoms with van der Waals surface area (Å²) in [5, 5.41) is 0. The minimum absolute atomic E-state index is 0.274. The molecule has 0 saturated heterocycles. The lowest BCUT2D eigenvalue weighted by atomic mass is 10.0. The van der Waals surface area contributed by atoms with Crippen LogP contribution in [0.1, 0.15) is 12.0 Å². The Kier molecular flexibility index (Phi) is 7.34. The highest BCUT2D eigenvalue weighted by Gasteiger charge is 2.18. The summed E-state index contributed by atoms with van der Waals surface area (Å²) < 4.78 is 16.1. The molecule has 0 unspecified atom stereocenters. The number of rotatable bonds is 9. The van der Waals surface area contributed by atoms with Gasteiger partial charge in [-0.15, -0.1) is 13.0 Å². The number of likely N-dealkylation sites (N-methyl/N-ethyl adjacent to an activating group) is 1. The van der Waals surface area contributed by atoms with Gasteiger partial charge < -0.3 is 14.2 Å². The maximum absolute atomic E-state index is 5.41. The molecule has 1 aromatic carbocycles. The lowest BCUT2D eigenvalue weighted by molar-refractivity contribution is 0.268. The molecule has 0 aromatic heterocycles. The van der Waals surface area contributed by atoms with E-state index in [4.69, 9.17) is 20.6 Å². The third kappa shape index (κ3) is 4.44. The molecule has 0 radical (unpaired) electrons. The number of benzene rings is 1. The van der Waals surface area contributed by atoms with Crippen LogP contribution < -0.4 is 14.2 Å². The van der Waals surface area contributed by atoms with Gasteiger partial charge in [-0.1, -0.05) is 12.0 Å². The van der Waals surface area contributed by atoms with Gasteiger partial charge in [-0.25, -0.2) is 0 Å². The van der Waals surface area contributed by atoms with Gasteiger partial charge in [0.2, 0.25) is 5.75 Å². The predicted octanol–water partition coefficient (Wildman–Crippen LogP) is 2.76. The average molecular weight is 303 g/mol. The highest BCUT2D eigenvalue weighted by Crippen LogP contribution is 2.38. The number of nitrogens with zero attached hydrogens (tertiary/aromatic N) is 1. The van der Waals surface area contributed by atoms with Crippen LogP contribution in [0.4, 0.5) is 0 Å². The number of terminal acetylenes is 1. The van der Waals surface area contributed by atoms with E-state index < -0.39 is 0 Å². The number of ether oxygens (including phenoxy) is 3. The first kappa shape index (κ1) is 17.9. The van der Waals surface area contributed by atoms with Crippen LogP contribution >= 0.6 is 0 Å². The molecule has 120 valence electrons. The quantitative estimate of drug-likeness (QED) is 0.518. The van der Waals surface area contributed by atoms with Crippen LogP contribution in [0.2, 0.25) is 0 Å². The van der Waals surface area contributed by atoms with E-state index in [9.17, 15) is 0 Å². The SMILES string of the molecule is C#CCN(C)[C@@H](CC=C)Cc1cc(OC)c(OC)c(OC)c1. The van der Waals surface area contributed by atoms with Gasteiger partial charge in [0.25, 0.3) is 0 Å². The van der Waals surface area contributed by atoms with Crippen molar-refractivity contribution in [2.75, 3.05) is 34.9 Å². The maximum atomic E-state index is 5.41. The molecule has 0 aliphatic rings. The number of hydrogen-bond acceptors (Lipinski definition) is 4. The summed E-state index contributed by atoms with van der Waals surface area (Å²) in [4.78, 5) is 2.14. The van der Waals surface area contributed by atoms with Crippen LogP contribution in [0, 0.1) is 12.3 Å². The molecular formula is C18H25NO3. The van der Waals surface area contributed by atoms with Gasteiger partial charge >= 0.3 is 0 Å². The zero-order valence-corrected chi connectivity index (χ0v) is 13.9. The Hall–Kier alpha value is -2.12. The molecule has 0 bridgehead atoms. The molecule has 0 saturated carbocycles. The Morgan fingerprint density at radius 2 is 1.82 bits per heavy atom. The summed E-state index contributed by atoms with van der Waals surface area (Å²) in [5.41, 5.74) is 1.10. The van der Waals surface area contributed by atoms with E-state index in [0.717, 1.165) is 18.4 Å². The van der Waals surface area contributed by atoms with Crippen LogP contribution in [-0.4, -0.2) is 45.9 Å². The Labute approximate surface area is 133 Å². The zero-order valence-electron chi connectivity index (χ0n) is 13.9. The lowest BCUT2D eigenvalue weighted by Crippen LogP contribution is -2.33. The highest BCUT2D eigenvalue weighted by atomic mass is 16.5. The van der Waals surface area contributed by atoms with Gasteiger partial charge in [-0.3, -0.25) is 4.90 Å². The smallest absolute Gasteiger partial charge is 0.203 e. The van der Waals surface area contributed by atoms with E-state index in [1.165, 1.54) is 0 Å². The zero-order chi connectivity index (χ0) is 16.5. The van der Waals surface area contributed by atoms with Crippen LogP contribution in [-0.2, 0) is 6.42 Å². The molecular weight excluding hydrogens is 278 g/mol. The minimum Gasteiger partial charge on any atom is -0.493 e. The minimum atomic E-state index is 0.274. The first-order valence-electron chi connectivity index (χ1n) is 7.14. The van der Waals surface area contributed by atoms with Gasteiger partial charge in [0, 0.05) is 6.04 Å². The third-order valence-electron chi connectivity index (χ3n) is 3.60. The van der Waals surface area contributed by atoms with Crippen molar-refractivity contribution in [2.24, 2.45) is 0 Å². The van der Waals surface area contributed by atoms with Crippen molar-refractivity contribution in [2.45, 2.75) is 18.9 Å². The van der Waals surface area contributed by atoms with Crippen molar-refractivity contribution in [3.05, 3.63) is 30.4 Å². The molecule has 0 spiro atoms. The standard InChI is InChI=1S/C18H25NO3/c1-7-9-15(19(3)10-8-2)11-14-12-16(20-4)18(22-6)17(13-14)21-5/h2,7,12-13,15H,1,9-11H2,3-6H3/t15-/m0/s1. The fourth-order valence-electron chi connectivity index (χ4n) is 2.41. The molecule has 1 aromatic rings. The summed E-state index contributed by atoms with van der Waals surface area (Å²) >= 11 is 0. The van der Waals surface area contributed by atoms with E-state index in [1.807, 2.05) is 25.3 Å². The molecule has 0 heterocycles. The summed E-state index contributed by atoms with van der Waals surface area (Å²) in [7, 11) is 6.85. The normalized spacial score (nSPS) is 11.6. The summed E-state index contributed by atoms with van der Waals surface area (Å²) in [5.74, 6) is 4.60. The van der Waals surface area contributed by atoms with E-state index >= 15 is 0 Å². The van der Waals surface area contributed by atoms with E-state index in [0.29, 0.717) is 23.8 Å². The highest BCUT2D eigenvalue weighted by molar-refractivity contribution is 5.54. The van der Waals surface area contributed by atoms with E-state index in [-0.39, 0.29) is 6.04 Å². The predicted molar refractivity (Wildman–Crippen MR) is 89.9 cm³/mol. The molecule has 22 heavy (non-hydrogen) atoms. The van der Waals surface area contributed by atoms with Gasteiger partial charge in [0.05, 0.1) is 27.9 Å². The summed E-state index contributed by atoms with van der Waals surface area (Å²) in [6.07, 6.45) is 9.00. The maximum Gasteiger partial charge on any atom is 0.203 e. The van der Waals surface area contributed by atoms with E-state index in [2.05, 4.69) is 17.4 Å². The Morgan fingerprint density at radius 3 is 2.23 bits per heavy atom.